The zero-order valence-corrected chi connectivity index (χ0v) is 11.7. The first-order chi connectivity index (χ1) is 9.18. The van der Waals surface area contributed by atoms with E-state index >= 15 is 0 Å². The van der Waals surface area contributed by atoms with Gasteiger partial charge in [0.05, 0.1) is 0 Å². The number of carbonyl (C=O) groups is 1. The highest BCUT2D eigenvalue weighted by atomic mass is 16.3. The third kappa shape index (κ3) is 1.38. The van der Waals surface area contributed by atoms with Crippen LogP contribution in [-0.2, 0) is 4.79 Å². The molecule has 0 amide bonds. The second kappa shape index (κ2) is 4.05. The molecule has 4 rings (SSSR count). The number of carbonyl (C=O) groups excluding carboxylic acids is 1. The minimum atomic E-state index is -0.667. The number of aliphatic hydroxyl groups is 1. The molecule has 0 aromatic carbocycles. The van der Waals surface area contributed by atoms with Crippen LogP contribution in [0.15, 0.2) is 0 Å². The van der Waals surface area contributed by atoms with Crippen LogP contribution in [0.3, 0.4) is 0 Å². The van der Waals surface area contributed by atoms with Crippen LogP contribution >= 0.6 is 0 Å². The zero-order valence-electron chi connectivity index (χ0n) is 11.7. The Bertz CT molecular complexity index is 410. The van der Waals surface area contributed by atoms with E-state index in [0.29, 0.717) is 11.7 Å². The average molecular weight is 263 g/mol. The van der Waals surface area contributed by atoms with Gasteiger partial charge in [-0.3, -0.25) is 9.69 Å². The molecule has 3 heteroatoms. The molecule has 2 saturated carbocycles. The van der Waals surface area contributed by atoms with Crippen molar-refractivity contribution in [1.29, 1.82) is 0 Å². The second-order valence-corrected chi connectivity index (χ2v) is 7.26. The summed E-state index contributed by atoms with van der Waals surface area (Å²) in [7, 11) is 0. The Morgan fingerprint density at radius 2 is 1.89 bits per heavy atom. The fourth-order valence-electron chi connectivity index (χ4n) is 6.07. The molecule has 2 aliphatic heterocycles. The lowest BCUT2D eigenvalue weighted by atomic mass is 9.56. The summed E-state index contributed by atoms with van der Waals surface area (Å²) in [5, 5.41) is 11.6. The van der Waals surface area contributed by atoms with Gasteiger partial charge in [0, 0.05) is 30.8 Å². The first-order valence-corrected chi connectivity index (χ1v) is 8.19. The molecule has 0 radical (unpaired) electrons. The number of rotatable bonds is 0. The molecule has 2 aliphatic carbocycles. The molecule has 2 heterocycles. The Balaban J connectivity index is 1.90. The van der Waals surface area contributed by atoms with Gasteiger partial charge in [-0.05, 0) is 50.9 Å². The normalized spacial score (nSPS) is 53.3. The molecule has 0 aromatic heterocycles. The van der Waals surface area contributed by atoms with E-state index in [1.165, 1.54) is 19.3 Å². The Morgan fingerprint density at radius 1 is 1.05 bits per heavy atom. The Morgan fingerprint density at radius 3 is 2.79 bits per heavy atom. The lowest BCUT2D eigenvalue weighted by Crippen LogP contribution is -2.63. The summed E-state index contributed by atoms with van der Waals surface area (Å²) < 4.78 is 0. The maximum atomic E-state index is 12.5. The highest BCUT2D eigenvalue weighted by Gasteiger charge is 2.68. The summed E-state index contributed by atoms with van der Waals surface area (Å²) in [5.41, 5.74) is -0.755. The lowest BCUT2D eigenvalue weighted by molar-refractivity contribution is -0.231. The van der Waals surface area contributed by atoms with Crippen molar-refractivity contribution in [2.24, 2.45) is 17.3 Å². The molecular weight excluding hydrogens is 238 g/mol. The van der Waals surface area contributed by atoms with E-state index in [0.717, 1.165) is 51.6 Å². The lowest BCUT2D eigenvalue weighted by Gasteiger charge is -2.56. The second-order valence-electron chi connectivity index (χ2n) is 7.26. The quantitative estimate of drug-likeness (QED) is 0.729. The third-order valence-corrected chi connectivity index (χ3v) is 6.72. The third-order valence-electron chi connectivity index (χ3n) is 6.72. The number of hydrogen-bond acceptors (Lipinski definition) is 3. The largest absolute Gasteiger partial charge is 0.375 e. The van der Waals surface area contributed by atoms with Gasteiger partial charge < -0.3 is 5.11 Å². The summed E-state index contributed by atoms with van der Waals surface area (Å²) in [6.07, 6.45) is 9.49. The summed E-state index contributed by atoms with van der Waals surface area (Å²) in [6.45, 7) is 2.03. The van der Waals surface area contributed by atoms with E-state index < -0.39 is 5.72 Å². The van der Waals surface area contributed by atoms with Crippen LogP contribution in [-0.4, -0.2) is 34.6 Å². The van der Waals surface area contributed by atoms with Gasteiger partial charge >= 0.3 is 0 Å². The zero-order chi connectivity index (χ0) is 13.1. The van der Waals surface area contributed by atoms with Crippen molar-refractivity contribution in [2.75, 3.05) is 13.1 Å². The van der Waals surface area contributed by atoms with Crippen LogP contribution in [0.4, 0.5) is 0 Å². The van der Waals surface area contributed by atoms with Gasteiger partial charge in [-0.2, -0.15) is 0 Å². The van der Waals surface area contributed by atoms with Gasteiger partial charge in [0.15, 0.2) is 0 Å². The Hall–Kier alpha value is -0.410. The predicted molar refractivity (Wildman–Crippen MR) is 72.5 cm³/mol. The molecule has 2 bridgehead atoms. The molecule has 4 fully saturated rings. The van der Waals surface area contributed by atoms with Gasteiger partial charge in [0.1, 0.15) is 11.5 Å². The first-order valence-electron chi connectivity index (χ1n) is 8.19. The number of ketones is 1. The van der Waals surface area contributed by atoms with E-state index in [-0.39, 0.29) is 11.3 Å². The highest BCUT2D eigenvalue weighted by molar-refractivity contribution is 5.85. The molecule has 2 saturated heterocycles. The van der Waals surface area contributed by atoms with E-state index in [1.54, 1.807) is 0 Å². The molecule has 3 nitrogen and oxygen atoms in total. The van der Waals surface area contributed by atoms with Crippen molar-refractivity contribution in [3.63, 3.8) is 0 Å². The van der Waals surface area contributed by atoms with E-state index in [1.807, 2.05) is 0 Å². The van der Waals surface area contributed by atoms with E-state index in [4.69, 9.17) is 0 Å². The van der Waals surface area contributed by atoms with Crippen molar-refractivity contribution < 1.29 is 9.90 Å². The maximum Gasteiger partial charge on any atom is 0.137 e. The molecule has 1 N–H and O–H groups in total. The molecule has 0 aromatic rings. The number of hydrogen-bond donors (Lipinski definition) is 1. The SMILES string of the molecule is O=C1C[C@@H]2CCC[C@@]3(O)N4CCCC[C@@]23[C@@H]1CCC4. The van der Waals surface area contributed by atoms with Crippen LogP contribution in [0.5, 0.6) is 0 Å². The molecule has 106 valence electrons. The monoisotopic (exact) mass is 263 g/mol. The summed E-state index contributed by atoms with van der Waals surface area (Å²) in [4.78, 5) is 14.9. The topological polar surface area (TPSA) is 40.5 Å². The first kappa shape index (κ1) is 12.3. The van der Waals surface area contributed by atoms with Crippen molar-refractivity contribution in [3.8, 4) is 0 Å². The number of nitrogens with zero attached hydrogens (tertiary/aromatic N) is 1. The summed E-state index contributed by atoms with van der Waals surface area (Å²) in [5.74, 6) is 1.09. The van der Waals surface area contributed by atoms with E-state index in [9.17, 15) is 9.90 Å². The predicted octanol–water partition coefficient (Wildman–Crippen LogP) is 2.33. The van der Waals surface area contributed by atoms with Crippen LogP contribution < -0.4 is 0 Å². The van der Waals surface area contributed by atoms with Crippen molar-refractivity contribution in [2.45, 2.75) is 63.5 Å². The molecule has 4 aliphatic rings. The molecule has 1 unspecified atom stereocenters. The van der Waals surface area contributed by atoms with Crippen LogP contribution in [0.25, 0.3) is 0 Å². The Kier molecular flexibility index (Phi) is 2.63. The van der Waals surface area contributed by atoms with Crippen molar-refractivity contribution in [1.82, 2.24) is 4.90 Å². The van der Waals surface area contributed by atoms with Crippen LogP contribution in [0.2, 0.25) is 0 Å². The molecule has 1 spiro atoms. The van der Waals surface area contributed by atoms with Crippen molar-refractivity contribution >= 4 is 5.78 Å². The Labute approximate surface area is 115 Å². The van der Waals surface area contributed by atoms with Gasteiger partial charge in [-0.25, -0.2) is 0 Å². The van der Waals surface area contributed by atoms with Crippen LogP contribution in [0.1, 0.15) is 57.8 Å². The fraction of sp³-hybridized carbons (Fsp3) is 0.938. The molecule has 19 heavy (non-hydrogen) atoms. The summed E-state index contributed by atoms with van der Waals surface area (Å²) in [6, 6.07) is 0. The van der Waals surface area contributed by atoms with Gasteiger partial charge in [-0.1, -0.05) is 6.42 Å². The average Bonchev–Trinajstić information content (AvgIpc) is 2.52. The summed E-state index contributed by atoms with van der Waals surface area (Å²) >= 11 is 0. The van der Waals surface area contributed by atoms with Gasteiger partial charge in [0.2, 0.25) is 0 Å². The van der Waals surface area contributed by atoms with Gasteiger partial charge in [0.25, 0.3) is 0 Å². The minimum absolute atomic E-state index is 0.0880. The smallest absolute Gasteiger partial charge is 0.137 e. The fourth-order valence-corrected chi connectivity index (χ4v) is 6.07. The molecule has 5 atom stereocenters. The highest BCUT2D eigenvalue weighted by Crippen LogP contribution is 2.65. The standard InChI is InChI=1S/C16H25NO2/c18-14-11-12-5-3-8-16(19)15(12)7-1-2-9-17(16)10-4-6-13(14)15/h12-13,19H,1-11H2/t12-,13+,15-,16-/m0/s1. The molecular formula is C16H25NO2. The maximum absolute atomic E-state index is 12.5. The van der Waals surface area contributed by atoms with Crippen molar-refractivity contribution in [3.05, 3.63) is 0 Å². The van der Waals surface area contributed by atoms with Crippen LogP contribution in [0, 0.1) is 17.3 Å². The van der Waals surface area contributed by atoms with Gasteiger partial charge in [-0.15, -0.1) is 0 Å². The number of Topliss-reactive ketones (excluding diaryl/α,β-unsaturated/α-hetero) is 1. The minimum Gasteiger partial charge on any atom is -0.375 e. The van der Waals surface area contributed by atoms with E-state index in [2.05, 4.69) is 4.90 Å².